The van der Waals surface area contributed by atoms with Crippen molar-refractivity contribution in [2.45, 2.75) is 30.7 Å². The largest absolute Gasteiger partial charge is 0.385 e. The van der Waals surface area contributed by atoms with Gasteiger partial charge in [-0.15, -0.1) is 0 Å². The van der Waals surface area contributed by atoms with Gasteiger partial charge >= 0.3 is 0 Å². The van der Waals surface area contributed by atoms with E-state index in [2.05, 4.69) is 23.2 Å². The summed E-state index contributed by atoms with van der Waals surface area (Å²) in [6.45, 7) is 3.88. The summed E-state index contributed by atoms with van der Waals surface area (Å²) in [6.07, 6.45) is 3.67. The van der Waals surface area contributed by atoms with Crippen LogP contribution in [0.2, 0.25) is 0 Å². The molecule has 1 saturated heterocycles. The molecule has 1 atom stereocenters. The molecule has 0 saturated carbocycles. The number of hydrogen-bond donors (Lipinski definition) is 2. The molecule has 0 unspecified atom stereocenters. The summed E-state index contributed by atoms with van der Waals surface area (Å²) in [5.41, 5.74) is 0.799. The lowest BCUT2D eigenvalue weighted by Crippen LogP contribution is -2.36. The van der Waals surface area contributed by atoms with Gasteiger partial charge in [0.15, 0.2) is 6.19 Å². The maximum Gasteiger partial charge on any atom is 0.242 e. The summed E-state index contributed by atoms with van der Waals surface area (Å²) >= 11 is 2.03. The minimum Gasteiger partial charge on any atom is -0.385 e. The van der Waals surface area contributed by atoms with E-state index in [1.807, 2.05) is 28.7 Å². The zero-order chi connectivity index (χ0) is 16.2. The van der Waals surface area contributed by atoms with Crippen molar-refractivity contribution in [1.29, 1.82) is 5.26 Å². The Labute approximate surface area is 145 Å². The van der Waals surface area contributed by atoms with Crippen LogP contribution in [0.15, 0.2) is 23.1 Å². The zero-order valence-corrected chi connectivity index (χ0v) is 15.3. The van der Waals surface area contributed by atoms with Crippen LogP contribution in [-0.4, -0.2) is 39.0 Å². The highest BCUT2D eigenvalue weighted by Gasteiger charge is 2.28. The quantitative estimate of drug-likeness (QED) is 0.528. The summed E-state index contributed by atoms with van der Waals surface area (Å²) in [4.78, 5) is 1.85. The Kier molecular flexibility index (Phi) is 5.88. The van der Waals surface area contributed by atoms with Gasteiger partial charge in [-0.25, -0.2) is 13.1 Å². The van der Waals surface area contributed by atoms with Crippen molar-refractivity contribution in [2.24, 2.45) is 0 Å². The third-order valence-electron chi connectivity index (χ3n) is 3.45. The fraction of sp³-hybridized carbons (Fsp3) is 0.500. The summed E-state index contributed by atoms with van der Waals surface area (Å²) in [6, 6.07) is 5.12. The molecular weight excluding hydrogens is 415 g/mol. The Morgan fingerprint density at radius 3 is 2.91 bits per heavy atom. The molecule has 2 N–H and O–H groups in total. The van der Waals surface area contributed by atoms with Crippen molar-refractivity contribution in [3.05, 3.63) is 21.8 Å². The van der Waals surface area contributed by atoms with Gasteiger partial charge in [-0.1, -0.05) is 6.92 Å². The maximum atomic E-state index is 12.6. The van der Waals surface area contributed by atoms with E-state index in [9.17, 15) is 8.42 Å². The number of nitriles is 1. The summed E-state index contributed by atoms with van der Waals surface area (Å²) in [5.74, 6) is 0. The Bertz CT molecular complexity index is 672. The average molecular weight is 434 g/mol. The van der Waals surface area contributed by atoms with E-state index in [-0.39, 0.29) is 10.9 Å². The van der Waals surface area contributed by atoms with Crippen LogP contribution in [0.5, 0.6) is 0 Å². The SMILES string of the molecule is CCCNc1ccc(I)c(S(=O)(=O)N[C@@H]2CCN(C#N)C2)c1. The number of nitrogens with zero attached hydrogens (tertiary/aromatic N) is 2. The number of benzene rings is 1. The highest BCUT2D eigenvalue weighted by Crippen LogP contribution is 2.23. The molecule has 1 aliphatic heterocycles. The fourth-order valence-electron chi connectivity index (χ4n) is 2.32. The van der Waals surface area contributed by atoms with Gasteiger partial charge in [-0.2, -0.15) is 5.26 Å². The van der Waals surface area contributed by atoms with E-state index >= 15 is 0 Å². The number of hydrogen-bond acceptors (Lipinski definition) is 5. The first-order valence-corrected chi connectivity index (χ1v) is 9.73. The van der Waals surface area contributed by atoms with Crippen LogP contribution in [0.25, 0.3) is 0 Å². The first kappa shape index (κ1) is 17.3. The topological polar surface area (TPSA) is 85.2 Å². The molecule has 120 valence electrons. The van der Waals surface area contributed by atoms with Gasteiger partial charge in [0.1, 0.15) is 0 Å². The molecule has 2 rings (SSSR count). The van der Waals surface area contributed by atoms with Crippen molar-refractivity contribution in [1.82, 2.24) is 9.62 Å². The second-order valence-electron chi connectivity index (χ2n) is 5.22. The van der Waals surface area contributed by atoms with Gasteiger partial charge < -0.3 is 10.2 Å². The summed E-state index contributed by atoms with van der Waals surface area (Å²) in [5, 5.41) is 12.0. The van der Waals surface area contributed by atoms with E-state index in [0.717, 1.165) is 18.7 Å². The molecule has 1 aromatic carbocycles. The van der Waals surface area contributed by atoms with Crippen molar-refractivity contribution in [3.63, 3.8) is 0 Å². The van der Waals surface area contributed by atoms with E-state index in [0.29, 0.717) is 23.1 Å². The van der Waals surface area contributed by atoms with Crippen LogP contribution in [0.3, 0.4) is 0 Å². The molecule has 0 aromatic heterocycles. The monoisotopic (exact) mass is 434 g/mol. The molecule has 0 bridgehead atoms. The standard InChI is InChI=1S/C14H19IN4O2S/c1-2-6-17-11-3-4-13(15)14(8-11)22(20,21)18-12-5-7-19(9-12)10-16/h3-4,8,12,17-18H,2,5-7,9H2,1H3/t12-/m1/s1. The van der Waals surface area contributed by atoms with E-state index in [1.165, 1.54) is 0 Å². The van der Waals surface area contributed by atoms with Crippen molar-refractivity contribution >= 4 is 38.3 Å². The Morgan fingerprint density at radius 1 is 1.50 bits per heavy atom. The predicted octanol–water partition coefficient (Wildman–Crippen LogP) is 1.95. The number of likely N-dealkylation sites (tertiary alicyclic amines) is 1. The lowest BCUT2D eigenvalue weighted by Gasteiger charge is -2.15. The van der Waals surface area contributed by atoms with Gasteiger partial charge in [-0.3, -0.25) is 0 Å². The Hall–Kier alpha value is -1.05. The van der Waals surface area contributed by atoms with Crippen LogP contribution in [0.1, 0.15) is 19.8 Å². The fourth-order valence-corrected chi connectivity index (χ4v) is 4.89. The predicted molar refractivity (Wildman–Crippen MR) is 93.9 cm³/mol. The summed E-state index contributed by atoms with van der Waals surface area (Å²) in [7, 11) is -3.59. The molecule has 0 spiro atoms. The molecule has 0 radical (unpaired) electrons. The molecule has 1 fully saturated rings. The van der Waals surface area contributed by atoms with Crippen LogP contribution in [-0.2, 0) is 10.0 Å². The average Bonchev–Trinajstić information content (AvgIpc) is 2.93. The second kappa shape index (κ2) is 7.48. The Balaban J connectivity index is 2.16. The van der Waals surface area contributed by atoms with Gasteiger partial charge in [0.25, 0.3) is 0 Å². The van der Waals surface area contributed by atoms with E-state index in [4.69, 9.17) is 5.26 Å². The molecule has 1 aromatic rings. The number of nitrogens with one attached hydrogen (secondary N) is 2. The molecule has 0 aliphatic carbocycles. The molecule has 0 amide bonds. The van der Waals surface area contributed by atoms with Crippen molar-refractivity contribution < 1.29 is 8.42 Å². The first-order chi connectivity index (χ1) is 10.5. The van der Waals surface area contributed by atoms with Gasteiger partial charge in [-0.05, 0) is 53.6 Å². The molecule has 1 aliphatic rings. The molecule has 22 heavy (non-hydrogen) atoms. The number of rotatable bonds is 6. The number of anilines is 1. The van der Waals surface area contributed by atoms with Crippen LogP contribution < -0.4 is 10.0 Å². The van der Waals surface area contributed by atoms with E-state index in [1.54, 1.807) is 17.0 Å². The highest BCUT2D eigenvalue weighted by atomic mass is 127. The highest BCUT2D eigenvalue weighted by molar-refractivity contribution is 14.1. The molecular formula is C14H19IN4O2S. The van der Waals surface area contributed by atoms with Gasteiger partial charge in [0, 0.05) is 34.9 Å². The minimum atomic E-state index is -3.59. The van der Waals surface area contributed by atoms with Crippen molar-refractivity contribution in [3.8, 4) is 6.19 Å². The molecule has 1 heterocycles. The van der Waals surface area contributed by atoms with Crippen molar-refractivity contribution in [2.75, 3.05) is 25.0 Å². The van der Waals surface area contributed by atoms with Crippen LogP contribution in [0, 0.1) is 15.0 Å². The summed E-state index contributed by atoms with van der Waals surface area (Å²) < 4.78 is 28.6. The third kappa shape index (κ3) is 4.24. The van der Waals surface area contributed by atoms with Crippen LogP contribution >= 0.6 is 22.6 Å². The van der Waals surface area contributed by atoms with Gasteiger partial charge in [0.05, 0.1) is 4.90 Å². The lowest BCUT2D eigenvalue weighted by atomic mass is 10.3. The minimum absolute atomic E-state index is 0.215. The second-order valence-corrected chi connectivity index (χ2v) is 8.07. The lowest BCUT2D eigenvalue weighted by molar-refractivity contribution is 0.470. The van der Waals surface area contributed by atoms with Crippen LogP contribution in [0.4, 0.5) is 5.69 Å². The number of sulfonamides is 1. The Morgan fingerprint density at radius 2 is 2.27 bits per heavy atom. The normalized spacial score (nSPS) is 18.2. The molecule has 6 nitrogen and oxygen atoms in total. The molecule has 8 heteroatoms. The zero-order valence-electron chi connectivity index (χ0n) is 12.3. The maximum absolute atomic E-state index is 12.6. The van der Waals surface area contributed by atoms with E-state index < -0.39 is 10.0 Å². The first-order valence-electron chi connectivity index (χ1n) is 7.16. The smallest absolute Gasteiger partial charge is 0.242 e. The number of halogens is 1. The van der Waals surface area contributed by atoms with Gasteiger partial charge in [0.2, 0.25) is 10.0 Å². The third-order valence-corrected chi connectivity index (χ3v) is 6.32.